The molecule has 0 aromatic carbocycles. The summed E-state index contributed by atoms with van der Waals surface area (Å²) < 4.78 is 6.48. The van der Waals surface area contributed by atoms with Crippen LogP contribution in [0.15, 0.2) is 0 Å². The molecule has 2 atom stereocenters. The molecule has 0 heterocycles. The molecule has 0 aliphatic heterocycles. The van der Waals surface area contributed by atoms with Crippen LogP contribution in [0.1, 0.15) is 52.9 Å². The lowest BCUT2D eigenvalue weighted by Gasteiger charge is -2.39. The molecule has 0 amide bonds. The van der Waals surface area contributed by atoms with Gasteiger partial charge in [-0.1, -0.05) is 33.6 Å². The molecule has 2 nitrogen and oxygen atoms in total. The fourth-order valence-corrected chi connectivity index (χ4v) is 3.68. The highest BCUT2D eigenvalue weighted by Gasteiger charge is 2.39. The minimum Gasteiger partial charge on any atom is -0.414 e. The van der Waals surface area contributed by atoms with Gasteiger partial charge in [-0.2, -0.15) is 0 Å². The molecule has 3 heteroatoms. The predicted molar refractivity (Wildman–Crippen MR) is 75.7 cm³/mol. The first-order valence-electron chi connectivity index (χ1n) is 7.05. The Hall–Kier alpha value is 0.137. The monoisotopic (exact) mass is 258 g/mol. The summed E-state index contributed by atoms with van der Waals surface area (Å²) in [6.07, 6.45) is 6.31. The van der Waals surface area contributed by atoms with Gasteiger partial charge in [0, 0.05) is 12.7 Å². The SMILES string of the molecule is CC(C)(C)[Si](C)(C)O[C@@H]1CCCC[C@@H](CO)C1. The van der Waals surface area contributed by atoms with E-state index >= 15 is 0 Å². The van der Waals surface area contributed by atoms with Crippen LogP contribution in [0, 0.1) is 5.92 Å². The van der Waals surface area contributed by atoms with Crippen LogP contribution in [0.25, 0.3) is 0 Å². The number of aliphatic hydroxyl groups excluding tert-OH is 1. The van der Waals surface area contributed by atoms with Crippen LogP contribution in [0.2, 0.25) is 18.1 Å². The van der Waals surface area contributed by atoms with Gasteiger partial charge in [-0.25, -0.2) is 0 Å². The van der Waals surface area contributed by atoms with Crippen LogP contribution in [0.4, 0.5) is 0 Å². The van der Waals surface area contributed by atoms with E-state index in [2.05, 4.69) is 33.9 Å². The molecule has 0 saturated heterocycles. The lowest BCUT2D eigenvalue weighted by atomic mass is 10.0. The molecule has 0 radical (unpaired) electrons. The maximum atomic E-state index is 9.35. The van der Waals surface area contributed by atoms with E-state index in [-0.39, 0.29) is 5.04 Å². The van der Waals surface area contributed by atoms with Gasteiger partial charge in [-0.15, -0.1) is 0 Å². The summed E-state index contributed by atoms with van der Waals surface area (Å²) in [7, 11) is -1.64. The Balaban J connectivity index is 2.60. The van der Waals surface area contributed by atoms with Gasteiger partial charge in [0.2, 0.25) is 0 Å². The second kappa shape index (κ2) is 5.85. The Labute approximate surface area is 108 Å². The topological polar surface area (TPSA) is 29.5 Å². The molecule has 1 fully saturated rings. The molecule has 0 bridgehead atoms. The molecule has 1 rings (SSSR count). The molecular weight excluding hydrogens is 228 g/mol. The van der Waals surface area contributed by atoms with Crippen molar-refractivity contribution in [2.24, 2.45) is 5.92 Å². The van der Waals surface area contributed by atoms with Crippen molar-refractivity contribution in [2.75, 3.05) is 6.61 Å². The van der Waals surface area contributed by atoms with Crippen LogP contribution < -0.4 is 0 Å². The number of hydrogen-bond donors (Lipinski definition) is 1. The van der Waals surface area contributed by atoms with Crippen molar-refractivity contribution in [3.63, 3.8) is 0 Å². The van der Waals surface area contributed by atoms with Gasteiger partial charge >= 0.3 is 0 Å². The first-order valence-corrected chi connectivity index (χ1v) is 9.96. The summed E-state index contributed by atoms with van der Waals surface area (Å²) in [6, 6.07) is 0. The molecule has 0 aromatic rings. The molecular formula is C14H30O2Si. The maximum Gasteiger partial charge on any atom is 0.192 e. The molecule has 1 aliphatic rings. The van der Waals surface area contributed by atoms with E-state index in [0.29, 0.717) is 18.6 Å². The van der Waals surface area contributed by atoms with Crippen molar-refractivity contribution < 1.29 is 9.53 Å². The van der Waals surface area contributed by atoms with Gasteiger partial charge < -0.3 is 9.53 Å². The smallest absolute Gasteiger partial charge is 0.192 e. The molecule has 1 aliphatic carbocycles. The number of hydrogen-bond acceptors (Lipinski definition) is 2. The van der Waals surface area contributed by atoms with E-state index in [1.54, 1.807) is 0 Å². The summed E-state index contributed by atoms with van der Waals surface area (Å²) in [5.74, 6) is 0.465. The third kappa shape index (κ3) is 4.38. The lowest BCUT2D eigenvalue weighted by Crippen LogP contribution is -2.44. The first kappa shape index (κ1) is 15.2. The van der Waals surface area contributed by atoms with Crippen molar-refractivity contribution in [1.82, 2.24) is 0 Å². The number of rotatable bonds is 3. The Morgan fingerprint density at radius 1 is 1.18 bits per heavy atom. The molecule has 102 valence electrons. The van der Waals surface area contributed by atoms with Gasteiger partial charge in [-0.3, -0.25) is 0 Å². The quantitative estimate of drug-likeness (QED) is 0.613. The van der Waals surface area contributed by atoms with Crippen LogP contribution in [0.5, 0.6) is 0 Å². The highest BCUT2D eigenvalue weighted by molar-refractivity contribution is 6.74. The van der Waals surface area contributed by atoms with Crippen LogP contribution in [0.3, 0.4) is 0 Å². The average molecular weight is 258 g/mol. The maximum absolute atomic E-state index is 9.35. The predicted octanol–water partition coefficient (Wildman–Crippen LogP) is 3.95. The second-order valence-electron chi connectivity index (χ2n) is 7.07. The molecule has 0 unspecified atom stereocenters. The largest absolute Gasteiger partial charge is 0.414 e. The fraction of sp³-hybridized carbons (Fsp3) is 1.00. The lowest BCUT2D eigenvalue weighted by molar-refractivity contribution is 0.125. The Bertz CT molecular complexity index is 233. The molecule has 17 heavy (non-hydrogen) atoms. The second-order valence-corrected chi connectivity index (χ2v) is 11.8. The average Bonchev–Trinajstić information content (AvgIpc) is 2.40. The van der Waals surface area contributed by atoms with Crippen LogP contribution in [-0.2, 0) is 4.43 Å². The highest BCUT2D eigenvalue weighted by atomic mass is 28.4. The first-order chi connectivity index (χ1) is 7.76. The summed E-state index contributed by atoms with van der Waals surface area (Å²) in [6.45, 7) is 11.9. The molecule has 1 saturated carbocycles. The van der Waals surface area contributed by atoms with E-state index in [0.717, 1.165) is 6.42 Å². The minimum absolute atomic E-state index is 0.286. The Morgan fingerprint density at radius 2 is 1.76 bits per heavy atom. The molecule has 0 spiro atoms. The van der Waals surface area contributed by atoms with Crippen LogP contribution >= 0.6 is 0 Å². The van der Waals surface area contributed by atoms with E-state index < -0.39 is 8.32 Å². The number of aliphatic hydroxyl groups is 1. The summed E-state index contributed by atoms with van der Waals surface area (Å²) in [5, 5.41) is 9.63. The summed E-state index contributed by atoms with van der Waals surface area (Å²) >= 11 is 0. The van der Waals surface area contributed by atoms with Crippen LogP contribution in [-0.4, -0.2) is 26.1 Å². The normalized spacial score (nSPS) is 27.9. The van der Waals surface area contributed by atoms with Crippen molar-refractivity contribution in [3.05, 3.63) is 0 Å². The van der Waals surface area contributed by atoms with Crippen molar-refractivity contribution >= 4 is 8.32 Å². The van der Waals surface area contributed by atoms with E-state index in [1.807, 2.05) is 0 Å². The molecule has 1 N–H and O–H groups in total. The standard InChI is InChI=1S/C14H30O2Si/c1-14(2,3)17(4,5)16-13-9-7-6-8-12(10-13)11-15/h12-13,15H,6-11H2,1-5H3/t12-,13-/m1/s1. The van der Waals surface area contributed by atoms with Crippen molar-refractivity contribution in [1.29, 1.82) is 0 Å². The Morgan fingerprint density at radius 3 is 2.29 bits per heavy atom. The highest BCUT2D eigenvalue weighted by Crippen LogP contribution is 2.39. The molecule has 0 aromatic heterocycles. The summed E-state index contributed by atoms with van der Waals surface area (Å²) in [5.41, 5.74) is 0. The summed E-state index contributed by atoms with van der Waals surface area (Å²) in [4.78, 5) is 0. The van der Waals surface area contributed by atoms with Gasteiger partial charge in [0.25, 0.3) is 0 Å². The zero-order valence-electron chi connectivity index (χ0n) is 12.3. The van der Waals surface area contributed by atoms with E-state index in [1.165, 1.54) is 25.7 Å². The zero-order valence-corrected chi connectivity index (χ0v) is 13.3. The zero-order chi connectivity index (χ0) is 13.1. The van der Waals surface area contributed by atoms with Gasteiger partial charge in [0.15, 0.2) is 8.32 Å². The fourth-order valence-electron chi connectivity index (χ4n) is 2.28. The van der Waals surface area contributed by atoms with E-state index in [4.69, 9.17) is 4.43 Å². The van der Waals surface area contributed by atoms with Gasteiger partial charge in [0.1, 0.15) is 0 Å². The Kier molecular flexibility index (Phi) is 5.23. The van der Waals surface area contributed by atoms with E-state index in [9.17, 15) is 5.11 Å². The van der Waals surface area contributed by atoms with Gasteiger partial charge in [0.05, 0.1) is 0 Å². The third-order valence-corrected chi connectivity index (χ3v) is 9.05. The van der Waals surface area contributed by atoms with Crippen molar-refractivity contribution in [3.8, 4) is 0 Å². The minimum atomic E-state index is -1.64. The van der Waals surface area contributed by atoms with Crippen molar-refractivity contribution in [2.45, 2.75) is 77.1 Å². The third-order valence-electron chi connectivity index (χ3n) is 4.51. The van der Waals surface area contributed by atoms with Gasteiger partial charge in [-0.05, 0) is 43.3 Å².